The Kier molecular flexibility index (Phi) is 4.10. The van der Waals surface area contributed by atoms with Crippen LogP contribution in [-0.2, 0) is 17.2 Å². The molecule has 1 aliphatic rings. The van der Waals surface area contributed by atoms with Gasteiger partial charge in [0.15, 0.2) is 0 Å². The number of imidazole rings is 1. The largest absolute Gasteiger partial charge is 0.353 e. The van der Waals surface area contributed by atoms with E-state index in [1.165, 1.54) is 12.1 Å². The predicted octanol–water partition coefficient (Wildman–Crippen LogP) is 2.97. The van der Waals surface area contributed by atoms with Crippen molar-refractivity contribution in [2.24, 2.45) is 0 Å². The van der Waals surface area contributed by atoms with E-state index < -0.39 is 0 Å². The van der Waals surface area contributed by atoms with Gasteiger partial charge in [0.1, 0.15) is 11.6 Å². The van der Waals surface area contributed by atoms with Crippen LogP contribution >= 0.6 is 11.6 Å². The van der Waals surface area contributed by atoms with Crippen LogP contribution in [0.3, 0.4) is 0 Å². The molecule has 0 bridgehead atoms. The summed E-state index contributed by atoms with van der Waals surface area (Å²) in [4.78, 5) is 16.1. The van der Waals surface area contributed by atoms with Crippen molar-refractivity contribution in [1.29, 1.82) is 0 Å². The van der Waals surface area contributed by atoms with Gasteiger partial charge in [-0.2, -0.15) is 0 Å². The molecule has 1 amide bonds. The van der Waals surface area contributed by atoms with Crippen molar-refractivity contribution in [2.75, 3.05) is 0 Å². The summed E-state index contributed by atoms with van der Waals surface area (Å²) < 4.78 is 15.3. The van der Waals surface area contributed by atoms with Crippen LogP contribution < -0.4 is 5.32 Å². The number of fused-ring (bicyclic) bond motifs is 1. The van der Waals surface area contributed by atoms with E-state index in [0.717, 1.165) is 23.9 Å². The van der Waals surface area contributed by atoms with E-state index in [2.05, 4.69) is 10.3 Å². The Labute approximate surface area is 127 Å². The number of carbonyl (C=O) groups is 1. The molecule has 0 saturated heterocycles. The van der Waals surface area contributed by atoms with E-state index in [-0.39, 0.29) is 17.6 Å². The first kappa shape index (κ1) is 14.3. The number of aromatic nitrogens is 2. The molecular weight excluding hydrogens is 293 g/mol. The zero-order valence-electron chi connectivity index (χ0n) is 11.6. The Bertz CT molecular complexity index is 666. The number of rotatable bonds is 6. The van der Waals surface area contributed by atoms with Gasteiger partial charge in [0.2, 0.25) is 5.91 Å². The molecule has 6 heteroatoms. The lowest BCUT2D eigenvalue weighted by atomic mass is 10.2. The Morgan fingerprint density at radius 2 is 2.29 bits per heavy atom. The highest BCUT2D eigenvalue weighted by atomic mass is 35.5. The van der Waals surface area contributed by atoms with Gasteiger partial charge in [-0.1, -0.05) is 0 Å². The van der Waals surface area contributed by atoms with Crippen molar-refractivity contribution < 1.29 is 9.18 Å². The molecule has 1 aliphatic carbocycles. The number of alkyl halides is 1. The van der Waals surface area contributed by atoms with Gasteiger partial charge in [0, 0.05) is 19.0 Å². The second-order valence-electron chi connectivity index (χ2n) is 5.39. The first-order valence-electron chi connectivity index (χ1n) is 7.17. The van der Waals surface area contributed by atoms with Gasteiger partial charge in [-0.3, -0.25) is 4.79 Å². The van der Waals surface area contributed by atoms with Crippen molar-refractivity contribution in [3.05, 3.63) is 29.8 Å². The van der Waals surface area contributed by atoms with Crippen LogP contribution in [0, 0.1) is 5.82 Å². The molecule has 3 rings (SSSR count). The molecule has 0 spiro atoms. The fourth-order valence-electron chi connectivity index (χ4n) is 2.42. The van der Waals surface area contributed by atoms with Gasteiger partial charge < -0.3 is 9.88 Å². The number of aryl methyl sites for hydroxylation is 1. The summed E-state index contributed by atoms with van der Waals surface area (Å²) in [5.41, 5.74) is 1.46. The second-order valence-corrected chi connectivity index (χ2v) is 5.66. The number of nitrogens with one attached hydrogen (secondary N) is 1. The Hall–Kier alpha value is -1.62. The summed E-state index contributed by atoms with van der Waals surface area (Å²) in [5, 5.41) is 2.96. The molecule has 21 heavy (non-hydrogen) atoms. The van der Waals surface area contributed by atoms with Crippen LogP contribution in [0.25, 0.3) is 11.0 Å². The lowest BCUT2D eigenvalue weighted by Gasteiger charge is -2.08. The van der Waals surface area contributed by atoms with Crippen LogP contribution in [-0.4, -0.2) is 21.5 Å². The summed E-state index contributed by atoms with van der Waals surface area (Å²) >= 11 is 5.91. The molecule has 4 nitrogen and oxygen atoms in total. The summed E-state index contributed by atoms with van der Waals surface area (Å²) in [6.07, 6.45) is 3.33. The molecule has 1 aromatic carbocycles. The first-order chi connectivity index (χ1) is 10.2. The monoisotopic (exact) mass is 309 g/mol. The number of benzene rings is 1. The number of halogens is 2. The fourth-order valence-corrected chi connectivity index (χ4v) is 2.63. The van der Waals surface area contributed by atoms with E-state index in [9.17, 15) is 9.18 Å². The molecule has 0 aliphatic heterocycles. The van der Waals surface area contributed by atoms with E-state index in [0.29, 0.717) is 31.3 Å². The van der Waals surface area contributed by atoms with Crippen molar-refractivity contribution in [3.63, 3.8) is 0 Å². The molecule has 112 valence electrons. The van der Waals surface area contributed by atoms with Crippen LogP contribution in [0.4, 0.5) is 4.39 Å². The molecule has 1 saturated carbocycles. The summed E-state index contributed by atoms with van der Waals surface area (Å²) in [7, 11) is 0. The summed E-state index contributed by atoms with van der Waals surface area (Å²) in [6.45, 7) is 0.611. The molecular formula is C15H17ClFN3O. The molecule has 0 unspecified atom stereocenters. The lowest BCUT2D eigenvalue weighted by molar-refractivity contribution is -0.121. The van der Waals surface area contributed by atoms with Crippen molar-refractivity contribution in [2.45, 2.75) is 44.1 Å². The van der Waals surface area contributed by atoms with Gasteiger partial charge in [-0.05, 0) is 37.5 Å². The maximum absolute atomic E-state index is 13.4. The minimum absolute atomic E-state index is 0.0838. The highest BCUT2D eigenvalue weighted by molar-refractivity contribution is 6.16. The SMILES string of the molecule is O=C(CCCn1c(CCl)nc2ccc(F)cc21)NC1CC1. The Morgan fingerprint density at radius 1 is 1.48 bits per heavy atom. The fraction of sp³-hybridized carbons (Fsp3) is 0.467. The summed E-state index contributed by atoms with van der Waals surface area (Å²) in [6, 6.07) is 4.89. The van der Waals surface area contributed by atoms with E-state index in [1.54, 1.807) is 6.07 Å². The Morgan fingerprint density at radius 3 is 3.00 bits per heavy atom. The highest BCUT2D eigenvalue weighted by Crippen LogP contribution is 2.21. The van der Waals surface area contributed by atoms with Gasteiger partial charge >= 0.3 is 0 Å². The zero-order chi connectivity index (χ0) is 14.8. The van der Waals surface area contributed by atoms with Crippen LogP contribution in [0.5, 0.6) is 0 Å². The predicted molar refractivity (Wildman–Crippen MR) is 79.6 cm³/mol. The van der Waals surface area contributed by atoms with Gasteiger partial charge in [-0.15, -0.1) is 11.6 Å². The third kappa shape index (κ3) is 3.35. The number of carbonyl (C=O) groups excluding carboxylic acids is 1. The zero-order valence-corrected chi connectivity index (χ0v) is 12.4. The van der Waals surface area contributed by atoms with Crippen LogP contribution in [0.2, 0.25) is 0 Å². The standard InChI is InChI=1S/C15H17ClFN3O/c16-9-14-19-12-6-3-10(17)8-13(12)20(14)7-1-2-15(21)18-11-4-5-11/h3,6,8,11H,1-2,4-5,7,9H2,(H,18,21). The van der Waals surface area contributed by atoms with Crippen LogP contribution in [0.1, 0.15) is 31.5 Å². The van der Waals surface area contributed by atoms with Gasteiger partial charge in [0.05, 0.1) is 16.9 Å². The molecule has 2 aromatic rings. The number of hydrogen-bond donors (Lipinski definition) is 1. The van der Waals surface area contributed by atoms with Gasteiger partial charge in [-0.25, -0.2) is 9.37 Å². The molecule has 1 aromatic heterocycles. The maximum atomic E-state index is 13.4. The second kappa shape index (κ2) is 6.02. The van der Waals surface area contributed by atoms with Crippen LogP contribution in [0.15, 0.2) is 18.2 Å². The highest BCUT2D eigenvalue weighted by Gasteiger charge is 2.22. The van der Waals surface area contributed by atoms with E-state index in [1.807, 2.05) is 4.57 Å². The first-order valence-corrected chi connectivity index (χ1v) is 7.71. The van der Waals surface area contributed by atoms with Crippen molar-refractivity contribution in [1.82, 2.24) is 14.9 Å². The third-order valence-electron chi connectivity index (χ3n) is 3.64. The minimum atomic E-state index is -0.295. The smallest absolute Gasteiger partial charge is 0.220 e. The van der Waals surface area contributed by atoms with E-state index >= 15 is 0 Å². The van der Waals surface area contributed by atoms with E-state index in [4.69, 9.17) is 11.6 Å². The quantitative estimate of drug-likeness (QED) is 0.834. The average molecular weight is 310 g/mol. The maximum Gasteiger partial charge on any atom is 0.220 e. The van der Waals surface area contributed by atoms with Gasteiger partial charge in [0.25, 0.3) is 0 Å². The van der Waals surface area contributed by atoms with Crippen molar-refractivity contribution in [3.8, 4) is 0 Å². The van der Waals surface area contributed by atoms with Crippen molar-refractivity contribution >= 4 is 28.5 Å². The minimum Gasteiger partial charge on any atom is -0.353 e. The topological polar surface area (TPSA) is 46.9 Å². The molecule has 0 radical (unpaired) electrons. The lowest BCUT2D eigenvalue weighted by Crippen LogP contribution is -2.25. The normalized spacial score (nSPS) is 14.6. The molecule has 1 heterocycles. The molecule has 1 N–H and O–H groups in total. The number of amides is 1. The summed E-state index contributed by atoms with van der Waals surface area (Å²) in [5.74, 6) is 0.765. The average Bonchev–Trinajstić information content (AvgIpc) is 3.20. The molecule has 1 fully saturated rings. The Balaban J connectivity index is 1.69. The number of nitrogens with zero attached hydrogens (tertiary/aromatic N) is 2. The number of hydrogen-bond acceptors (Lipinski definition) is 2. The molecule has 0 atom stereocenters. The third-order valence-corrected chi connectivity index (χ3v) is 3.88.